The molecule has 2 nitrogen and oxygen atoms in total. The summed E-state index contributed by atoms with van der Waals surface area (Å²) in [6, 6.07) is 13.4. The van der Waals surface area contributed by atoms with E-state index in [0.717, 1.165) is 37.9 Å². The normalized spacial score (nSPS) is 10.8. The van der Waals surface area contributed by atoms with Crippen molar-refractivity contribution >= 4 is 45.5 Å². The molecule has 0 unspecified atom stereocenters. The van der Waals surface area contributed by atoms with Gasteiger partial charge in [-0.1, -0.05) is 23.2 Å². The SMILES string of the molecule is Cc1c(Cl)ccc2c(Nc3ccc(Cl)cc3)ccnc12. The number of anilines is 2. The number of fused-ring (bicyclic) bond motifs is 1. The summed E-state index contributed by atoms with van der Waals surface area (Å²) < 4.78 is 0. The molecule has 3 rings (SSSR count). The molecule has 0 amide bonds. The van der Waals surface area contributed by atoms with Crippen molar-refractivity contribution in [3.63, 3.8) is 0 Å². The zero-order valence-electron chi connectivity index (χ0n) is 10.8. The molecule has 0 saturated heterocycles. The molecule has 0 aliphatic rings. The Morgan fingerprint density at radius 1 is 0.950 bits per heavy atom. The number of halogens is 2. The summed E-state index contributed by atoms with van der Waals surface area (Å²) in [6.07, 6.45) is 1.78. The van der Waals surface area contributed by atoms with E-state index in [1.54, 1.807) is 6.20 Å². The summed E-state index contributed by atoms with van der Waals surface area (Å²) >= 11 is 12.0. The number of aromatic nitrogens is 1. The van der Waals surface area contributed by atoms with Crippen LogP contribution in [0.15, 0.2) is 48.7 Å². The fourth-order valence-corrected chi connectivity index (χ4v) is 2.41. The van der Waals surface area contributed by atoms with Gasteiger partial charge in [0.1, 0.15) is 0 Å². The van der Waals surface area contributed by atoms with E-state index in [2.05, 4.69) is 10.3 Å². The zero-order valence-corrected chi connectivity index (χ0v) is 12.3. The van der Waals surface area contributed by atoms with Gasteiger partial charge in [-0.05, 0) is 55.0 Å². The van der Waals surface area contributed by atoms with Crippen LogP contribution in [0, 0.1) is 6.92 Å². The third-order valence-corrected chi connectivity index (χ3v) is 3.88. The highest BCUT2D eigenvalue weighted by Gasteiger charge is 2.07. The van der Waals surface area contributed by atoms with Gasteiger partial charge in [0, 0.05) is 33.0 Å². The van der Waals surface area contributed by atoms with Crippen LogP contribution in [-0.4, -0.2) is 4.98 Å². The number of aryl methyl sites for hydroxylation is 1. The maximum absolute atomic E-state index is 6.14. The smallest absolute Gasteiger partial charge is 0.0766 e. The van der Waals surface area contributed by atoms with Gasteiger partial charge in [0.2, 0.25) is 0 Å². The molecule has 0 saturated carbocycles. The first-order valence-corrected chi connectivity index (χ1v) is 6.97. The largest absolute Gasteiger partial charge is 0.355 e. The maximum Gasteiger partial charge on any atom is 0.0766 e. The van der Waals surface area contributed by atoms with Crippen molar-refractivity contribution in [2.75, 3.05) is 5.32 Å². The molecule has 0 spiro atoms. The first-order chi connectivity index (χ1) is 9.65. The van der Waals surface area contributed by atoms with Gasteiger partial charge in [0.15, 0.2) is 0 Å². The number of pyridine rings is 1. The Morgan fingerprint density at radius 2 is 1.70 bits per heavy atom. The lowest BCUT2D eigenvalue weighted by Gasteiger charge is -2.11. The van der Waals surface area contributed by atoms with Crippen LogP contribution in [0.4, 0.5) is 11.4 Å². The molecular formula is C16H12Cl2N2. The minimum Gasteiger partial charge on any atom is -0.355 e. The number of hydrogen-bond donors (Lipinski definition) is 1. The Morgan fingerprint density at radius 3 is 2.45 bits per heavy atom. The highest BCUT2D eigenvalue weighted by Crippen LogP contribution is 2.30. The molecule has 2 aromatic carbocycles. The summed E-state index contributed by atoms with van der Waals surface area (Å²) in [6.45, 7) is 1.98. The highest BCUT2D eigenvalue weighted by atomic mass is 35.5. The highest BCUT2D eigenvalue weighted by molar-refractivity contribution is 6.32. The van der Waals surface area contributed by atoms with Crippen LogP contribution in [0.25, 0.3) is 10.9 Å². The van der Waals surface area contributed by atoms with Crippen LogP contribution < -0.4 is 5.32 Å². The van der Waals surface area contributed by atoms with Crippen LogP contribution in [0.5, 0.6) is 0 Å². The molecule has 0 aliphatic heterocycles. The molecule has 0 fully saturated rings. The molecule has 4 heteroatoms. The average Bonchev–Trinajstić information content (AvgIpc) is 2.46. The molecule has 100 valence electrons. The first-order valence-electron chi connectivity index (χ1n) is 6.21. The van der Waals surface area contributed by atoms with E-state index in [1.807, 2.05) is 49.4 Å². The van der Waals surface area contributed by atoms with Gasteiger partial charge >= 0.3 is 0 Å². The number of rotatable bonds is 2. The standard InChI is InChI=1S/C16H12Cl2N2/c1-10-14(18)7-6-13-15(8-9-19-16(10)13)20-12-4-2-11(17)3-5-12/h2-9H,1H3,(H,19,20). The van der Waals surface area contributed by atoms with Gasteiger partial charge in [0.25, 0.3) is 0 Å². The van der Waals surface area contributed by atoms with Crippen LogP contribution in [0.1, 0.15) is 5.56 Å². The quantitative estimate of drug-likeness (QED) is 0.667. The summed E-state index contributed by atoms with van der Waals surface area (Å²) in [4.78, 5) is 4.41. The lowest BCUT2D eigenvalue weighted by Crippen LogP contribution is -1.93. The lowest BCUT2D eigenvalue weighted by molar-refractivity contribution is 1.36. The van der Waals surface area contributed by atoms with E-state index in [-0.39, 0.29) is 0 Å². The van der Waals surface area contributed by atoms with E-state index in [4.69, 9.17) is 23.2 Å². The Hall–Kier alpha value is -1.77. The minimum absolute atomic E-state index is 0.720. The Kier molecular flexibility index (Phi) is 3.51. The van der Waals surface area contributed by atoms with Crippen molar-refractivity contribution in [2.45, 2.75) is 6.92 Å². The second-order valence-corrected chi connectivity index (χ2v) is 5.40. The van der Waals surface area contributed by atoms with Crippen molar-refractivity contribution in [3.05, 3.63) is 64.3 Å². The van der Waals surface area contributed by atoms with Gasteiger partial charge < -0.3 is 5.32 Å². The van der Waals surface area contributed by atoms with E-state index >= 15 is 0 Å². The second kappa shape index (κ2) is 5.31. The molecule has 20 heavy (non-hydrogen) atoms. The molecule has 0 aliphatic carbocycles. The van der Waals surface area contributed by atoms with Gasteiger partial charge in [-0.2, -0.15) is 0 Å². The third kappa shape index (κ3) is 2.45. The Labute approximate surface area is 127 Å². The first kappa shape index (κ1) is 13.2. The predicted octanol–water partition coefficient (Wildman–Crippen LogP) is 5.59. The van der Waals surface area contributed by atoms with E-state index in [9.17, 15) is 0 Å². The number of nitrogens with zero attached hydrogens (tertiary/aromatic N) is 1. The van der Waals surface area contributed by atoms with Crippen molar-refractivity contribution in [1.82, 2.24) is 4.98 Å². The summed E-state index contributed by atoms with van der Waals surface area (Å²) in [5, 5.41) is 5.88. The topological polar surface area (TPSA) is 24.9 Å². The van der Waals surface area contributed by atoms with E-state index in [0.29, 0.717) is 0 Å². The minimum atomic E-state index is 0.720. The average molecular weight is 303 g/mol. The van der Waals surface area contributed by atoms with E-state index < -0.39 is 0 Å². The van der Waals surface area contributed by atoms with E-state index in [1.165, 1.54) is 0 Å². The van der Waals surface area contributed by atoms with Crippen LogP contribution in [0.2, 0.25) is 10.0 Å². The molecule has 1 N–H and O–H groups in total. The fraction of sp³-hybridized carbons (Fsp3) is 0.0625. The second-order valence-electron chi connectivity index (χ2n) is 4.56. The molecular weight excluding hydrogens is 291 g/mol. The molecule has 0 atom stereocenters. The summed E-state index contributed by atoms with van der Waals surface area (Å²) in [5.74, 6) is 0. The van der Waals surface area contributed by atoms with Crippen molar-refractivity contribution in [2.24, 2.45) is 0 Å². The van der Waals surface area contributed by atoms with Gasteiger partial charge in [-0.25, -0.2) is 0 Å². The number of nitrogens with one attached hydrogen (secondary N) is 1. The zero-order chi connectivity index (χ0) is 14.1. The Balaban J connectivity index is 2.08. The Bertz CT molecular complexity index is 767. The van der Waals surface area contributed by atoms with Gasteiger partial charge in [-0.3, -0.25) is 4.98 Å². The molecule has 3 aromatic rings. The summed E-state index contributed by atoms with van der Waals surface area (Å²) in [5.41, 5.74) is 3.88. The number of hydrogen-bond acceptors (Lipinski definition) is 2. The lowest BCUT2D eigenvalue weighted by atomic mass is 10.1. The molecule has 0 radical (unpaired) electrons. The third-order valence-electron chi connectivity index (χ3n) is 3.22. The predicted molar refractivity (Wildman–Crippen MR) is 86.2 cm³/mol. The van der Waals surface area contributed by atoms with Crippen molar-refractivity contribution in [1.29, 1.82) is 0 Å². The fourth-order valence-electron chi connectivity index (χ4n) is 2.13. The van der Waals surface area contributed by atoms with Crippen molar-refractivity contribution < 1.29 is 0 Å². The van der Waals surface area contributed by atoms with Crippen LogP contribution in [0.3, 0.4) is 0 Å². The monoisotopic (exact) mass is 302 g/mol. The number of benzene rings is 2. The molecule has 1 heterocycles. The van der Waals surface area contributed by atoms with Gasteiger partial charge in [0.05, 0.1) is 5.52 Å². The summed E-state index contributed by atoms with van der Waals surface area (Å²) in [7, 11) is 0. The van der Waals surface area contributed by atoms with Crippen LogP contribution >= 0.6 is 23.2 Å². The molecule has 0 bridgehead atoms. The van der Waals surface area contributed by atoms with Gasteiger partial charge in [-0.15, -0.1) is 0 Å². The van der Waals surface area contributed by atoms with Crippen LogP contribution in [-0.2, 0) is 0 Å². The van der Waals surface area contributed by atoms with Crippen molar-refractivity contribution in [3.8, 4) is 0 Å². The maximum atomic E-state index is 6.14. The molecule has 1 aromatic heterocycles.